The van der Waals surface area contributed by atoms with E-state index in [1.807, 2.05) is 13.1 Å². The molecule has 3 N–H and O–H groups in total. The number of aryl methyl sites for hydroxylation is 1. The molecule has 1 amide bonds. The number of hydrogen-bond donors (Lipinski definition) is 2. The molecular weight excluding hydrogens is 296 g/mol. The van der Waals surface area contributed by atoms with Gasteiger partial charge in [0.05, 0.1) is 17.8 Å². The van der Waals surface area contributed by atoms with E-state index in [1.54, 1.807) is 29.1 Å². The molecule has 0 atom stereocenters. The molecule has 94 valence electrons. The summed E-state index contributed by atoms with van der Waals surface area (Å²) in [5.41, 5.74) is 7.65. The number of nitrogens with one attached hydrogen (secondary N) is 1. The summed E-state index contributed by atoms with van der Waals surface area (Å²) < 4.78 is 2.56. The van der Waals surface area contributed by atoms with Gasteiger partial charge in [-0.2, -0.15) is 5.10 Å². The highest BCUT2D eigenvalue weighted by Crippen LogP contribution is 2.18. The van der Waals surface area contributed by atoms with E-state index in [0.29, 0.717) is 17.8 Å². The van der Waals surface area contributed by atoms with Gasteiger partial charge in [0.25, 0.3) is 5.91 Å². The summed E-state index contributed by atoms with van der Waals surface area (Å²) in [4.78, 5) is 11.9. The maximum Gasteiger partial charge on any atom is 0.253 e. The summed E-state index contributed by atoms with van der Waals surface area (Å²) in [6, 6.07) is 7.04. The minimum atomic E-state index is -0.193. The Balaban J connectivity index is 2.06. The first-order chi connectivity index (χ1) is 8.58. The van der Waals surface area contributed by atoms with Crippen molar-refractivity contribution in [2.75, 3.05) is 5.73 Å². The van der Waals surface area contributed by atoms with Crippen LogP contribution in [0.25, 0.3) is 0 Å². The Kier molecular flexibility index (Phi) is 3.66. The van der Waals surface area contributed by atoms with Crippen molar-refractivity contribution in [2.45, 2.75) is 6.54 Å². The van der Waals surface area contributed by atoms with Crippen molar-refractivity contribution in [3.05, 3.63) is 46.2 Å². The van der Waals surface area contributed by atoms with Crippen LogP contribution in [-0.2, 0) is 13.6 Å². The van der Waals surface area contributed by atoms with Crippen LogP contribution in [0.3, 0.4) is 0 Å². The van der Waals surface area contributed by atoms with Crippen LogP contribution in [-0.4, -0.2) is 15.7 Å². The second-order valence-corrected chi connectivity index (χ2v) is 4.78. The Morgan fingerprint density at radius 3 is 2.89 bits per heavy atom. The van der Waals surface area contributed by atoms with Crippen LogP contribution in [0.5, 0.6) is 0 Å². The summed E-state index contributed by atoms with van der Waals surface area (Å²) in [6.07, 6.45) is 1.69. The van der Waals surface area contributed by atoms with Gasteiger partial charge in [-0.1, -0.05) is 15.9 Å². The standard InChI is InChI=1S/C12H13BrN4O/c1-17-9(4-5-16-17)7-15-12(18)10-3-2-8(13)6-11(10)14/h2-6H,7,14H2,1H3,(H,15,18). The van der Waals surface area contributed by atoms with Gasteiger partial charge in [0, 0.05) is 23.4 Å². The number of hydrogen-bond acceptors (Lipinski definition) is 3. The van der Waals surface area contributed by atoms with E-state index in [4.69, 9.17) is 5.73 Å². The first-order valence-electron chi connectivity index (χ1n) is 5.38. The molecule has 1 heterocycles. The number of anilines is 1. The first-order valence-corrected chi connectivity index (χ1v) is 6.17. The Bertz CT molecular complexity index is 579. The molecule has 0 saturated carbocycles. The van der Waals surface area contributed by atoms with Gasteiger partial charge in [-0.15, -0.1) is 0 Å². The summed E-state index contributed by atoms with van der Waals surface area (Å²) in [6.45, 7) is 0.421. The Morgan fingerprint density at radius 1 is 1.50 bits per heavy atom. The third kappa shape index (κ3) is 2.70. The predicted octanol–water partition coefficient (Wildman–Crippen LogP) is 1.69. The van der Waals surface area contributed by atoms with E-state index in [0.717, 1.165) is 10.2 Å². The third-order valence-corrected chi connectivity index (χ3v) is 3.10. The number of halogens is 1. The Hall–Kier alpha value is -1.82. The molecule has 0 aliphatic heterocycles. The number of nitrogens with two attached hydrogens (primary N) is 1. The topological polar surface area (TPSA) is 72.9 Å². The van der Waals surface area contributed by atoms with Crippen LogP contribution in [0, 0.1) is 0 Å². The highest BCUT2D eigenvalue weighted by molar-refractivity contribution is 9.10. The SMILES string of the molecule is Cn1nccc1CNC(=O)c1ccc(Br)cc1N. The summed E-state index contributed by atoms with van der Waals surface area (Å²) >= 11 is 3.30. The molecule has 0 saturated heterocycles. The number of amides is 1. The zero-order chi connectivity index (χ0) is 13.1. The molecule has 0 radical (unpaired) electrons. The second kappa shape index (κ2) is 5.22. The molecular formula is C12H13BrN4O. The highest BCUT2D eigenvalue weighted by atomic mass is 79.9. The maximum atomic E-state index is 11.9. The molecule has 0 fully saturated rings. The van der Waals surface area contributed by atoms with E-state index < -0.39 is 0 Å². The molecule has 2 aromatic rings. The van der Waals surface area contributed by atoms with Crippen LogP contribution in [0.4, 0.5) is 5.69 Å². The van der Waals surface area contributed by atoms with Crippen molar-refractivity contribution in [2.24, 2.45) is 7.05 Å². The number of carbonyl (C=O) groups excluding carboxylic acids is 1. The van der Waals surface area contributed by atoms with Crippen molar-refractivity contribution in [3.8, 4) is 0 Å². The lowest BCUT2D eigenvalue weighted by molar-refractivity contribution is 0.0951. The molecule has 0 spiro atoms. The minimum absolute atomic E-state index is 0.193. The Morgan fingerprint density at radius 2 is 2.28 bits per heavy atom. The smallest absolute Gasteiger partial charge is 0.253 e. The average Bonchev–Trinajstić information content (AvgIpc) is 2.72. The van der Waals surface area contributed by atoms with E-state index in [-0.39, 0.29) is 5.91 Å². The van der Waals surface area contributed by atoms with Crippen molar-refractivity contribution >= 4 is 27.5 Å². The van der Waals surface area contributed by atoms with Crippen molar-refractivity contribution < 1.29 is 4.79 Å². The molecule has 0 aliphatic rings. The quantitative estimate of drug-likeness (QED) is 0.848. The van der Waals surface area contributed by atoms with E-state index in [9.17, 15) is 4.79 Å². The van der Waals surface area contributed by atoms with E-state index in [2.05, 4.69) is 26.3 Å². The predicted molar refractivity (Wildman–Crippen MR) is 72.9 cm³/mol. The van der Waals surface area contributed by atoms with Crippen molar-refractivity contribution in [1.29, 1.82) is 0 Å². The van der Waals surface area contributed by atoms with Gasteiger partial charge < -0.3 is 11.1 Å². The molecule has 2 rings (SSSR count). The zero-order valence-electron chi connectivity index (χ0n) is 9.85. The number of aromatic nitrogens is 2. The van der Waals surface area contributed by atoms with E-state index >= 15 is 0 Å². The lowest BCUT2D eigenvalue weighted by Crippen LogP contribution is -2.24. The zero-order valence-corrected chi connectivity index (χ0v) is 11.4. The largest absolute Gasteiger partial charge is 0.398 e. The highest BCUT2D eigenvalue weighted by Gasteiger charge is 2.10. The Labute approximate surface area is 113 Å². The fourth-order valence-electron chi connectivity index (χ4n) is 1.58. The van der Waals surface area contributed by atoms with Crippen LogP contribution in [0.1, 0.15) is 16.1 Å². The first kappa shape index (κ1) is 12.6. The maximum absolute atomic E-state index is 11.9. The number of benzene rings is 1. The van der Waals surface area contributed by atoms with Crippen LogP contribution >= 0.6 is 15.9 Å². The lowest BCUT2D eigenvalue weighted by Gasteiger charge is -2.08. The number of carbonyl (C=O) groups is 1. The monoisotopic (exact) mass is 308 g/mol. The third-order valence-electron chi connectivity index (χ3n) is 2.61. The van der Waals surface area contributed by atoms with Gasteiger partial charge in [0.1, 0.15) is 0 Å². The van der Waals surface area contributed by atoms with E-state index in [1.165, 1.54) is 0 Å². The van der Waals surface area contributed by atoms with Gasteiger partial charge in [0.15, 0.2) is 0 Å². The number of nitrogens with zero attached hydrogens (tertiary/aromatic N) is 2. The fourth-order valence-corrected chi connectivity index (χ4v) is 1.96. The molecule has 0 unspecified atom stereocenters. The normalized spacial score (nSPS) is 10.3. The van der Waals surface area contributed by atoms with Gasteiger partial charge in [-0.05, 0) is 24.3 Å². The van der Waals surface area contributed by atoms with Crippen LogP contribution in [0.2, 0.25) is 0 Å². The lowest BCUT2D eigenvalue weighted by atomic mass is 10.1. The number of rotatable bonds is 3. The number of nitrogen functional groups attached to an aromatic ring is 1. The molecule has 5 nitrogen and oxygen atoms in total. The second-order valence-electron chi connectivity index (χ2n) is 3.86. The summed E-state index contributed by atoms with van der Waals surface area (Å²) in [5, 5.41) is 6.84. The van der Waals surface area contributed by atoms with Crippen molar-refractivity contribution in [3.63, 3.8) is 0 Å². The van der Waals surface area contributed by atoms with Gasteiger partial charge in [-0.25, -0.2) is 0 Å². The molecule has 1 aromatic heterocycles. The van der Waals surface area contributed by atoms with Crippen LogP contribution < -0.4 is 11.1 Å². The molecule has 6 heteroatoms. The molecule has 18 heavy (non-hydrogen) atoms. The van der Waals surface area contributed by atoms with Gasteiger partial charge in [0.2, 0.25) is 0 Å². The summed E-state index contributed by atoms with van der Waals surface area (Å²) in [7, 11) is 1.83. The summed E-state index contributed by atoms with van der Waals surface area (Å²) in [5.74, 6) is -0.193. The average molecular weight is 309 g/mol. The fraction of sp³-hybridized carbons (Fsp3) is 0.167. The minimum Gasteiger partial charge on any atom is -0.398 e. The van der Waals surface area contributed by atoms with Gasteiger partial charge >= 0.3 is 0 Å². The molecule has 0 aliphatic carbocycles. The van der Waals surface area contributed by atoms with Gasteiger partial charge in [-0.3, -0.25) is 9.48 Å². The van der Waals surface area contributed by atoms with Crippen molar-refractivity contribution in [1.82, 2.24) is 15.1 Å². The molecule has 1 aromatic carbocycles. The van der Waals surface area contributed by atoms with Crippen LogP contribution in [0.15, 0.2) is 34.9 Å². The molecule has 0 bridgehead atoms.